The van der Waals surface area contributed by atoms with Gasteiger partial charge in [0.05, 0.1) is 23.2 Å². The molecular weight excluding hydrogens is 278 g/mol. The van der Waals surface area contributed by atoms with E-state index in [0.717, 1.165) is 23.5 Å². The van der Waals surface area contributed by atoms with Gasteiger partial charge in [-0.05, 0) is 19.8 Å². The molecular formula is C12H15N5O2S. The van der Waals surface area contributed by atoms with E-state index in [4.69, 9.17) is 0 Å². The molecule has 3 rings (SSSR count). The molecule has 0 radical (unpaired) electrons. The van der Waals surface area contributed by atoms with E-state index in [2.05, 4.69) is 20.2 Å². The zero-order valence-electron chi connectivity index (χ0n) is 11.0. The Morgan fingerprint density at radius 2 is 2.45 bits per heavy atom. The molecule has 2 aromatic rings. The predicted molar refractivity (Wildman–Crippen MR) is 73.5 cm³/mol. The number of likely N-dealkylation sites (tertiary alicyclic amines) is 1. The van der Waals surface area contributed by atoms with Crippen molar-refractivity contribution in [1.82, 2.24) is 25.1 Å². The lowest BCUT2D eigenvalue weighted by atomic mass is 10.2. The standard InChI is InChI=1S/C12H15N5O2S/c1-7-13-8(6-20-7)5-10(18)17-4-2-3-9(17)11-14-12(19)16-15-11/h6,9H,2-5H2,1H3,(H2,14,15,16,19). The number of hydrogen-bond acceptors (Lipinski definition) is 5. The molecule has 0 aliphatic carbocycles. The fourth-order valence-electron chi connectivity index (χ4n) is 2.54. The number of aromatic amines is 2. The van der Waals surface area contributed by atoms with Crippen molar-refractivity contribution in [3.63, 3.8) is 0 Å². The summed E-state index contributed by atoms with van der Waals surface area (Å²) >= 11 is 1.54. The van der Waals surface area contributed by atoms with Crippen LogP contribution < -0.4 is 5.69 Å². The van der Waals surface area contributed by atoms with Gasteiger partial charge in [0.1, 0.15) is 0 Å². The van der Waals surface area contributed by atoms with Gasteiger partial charge >= 0.3 is 5.69 Å². The number of rotatable bonds is 3. The van der Waals surface area contributed by atoms with Gasteiger partial charge in [-0.1, -0.05) is 0 Å². The van der Waals surface area contributed by atoms with Crippen LogP contribution in [-0.4, -0.2) is 37.5 Å². The number of H-pyrrole nitrogens is 2. The second-order valence-electron chi connectivity index (χ2n) is 4.84. The third kappa shape index (κ3) is 2.51. The number of carbonyl (C=O) groups is 1. The molecule has 0 saturated carbocycles. The van der Waals surface area contributed by atoms with Crippen LogP contribution in [0.15, 0.2) is 10.2 Å². The molecule has 1 amide bonds. The first kappa shape index (κ1) is 13.0. The summed E-state index contributed by atoms with van der Waals surface area (Å²) in [5.74, 6) is 0.567. The Morgan fingerprint density at radius 1 is 1.60 bits per heavy atom. The Labute approximate surface area is 119 Å². The zero-order chi connectivity index (χ0) is 14.1. The first-order chi connectivity index (χ1) is 9.63. The van der Waals surface area contributed by atoms with Crippen molar-refractivity contribution in [3.8, 4) is 0 Å². The molecule has 1 atom stereocenters. The number of hydrogen-bond donors (Lipinski definition) is 2. The molecule has 1 unspecified atom stereocenters. The van der Waals surface area contributed by atoms with E-state index in [9.17, 15) is 9.59 Å². The quantitative estimate of drug-likeness (QED) is 0.874. The van der Waals surface area contributed by atoms with Crippen molar-refractivity contribution in [3.05, 3.63) is 32.4 Å². The van der Waals surface area contributed by atoms with Gasteiger partial charge in [-0.25, -0.2) is 14.9 Å². The van der Waals surface area contributed by atoms with E-state index in [1.807, 2.05) is 12.3 Å². The summed E-state index contributed by atoms with van der Waals surface area (Å²) in [6, 6.07) is -0.138. The number of aryl methyl sites for hydroxylation is 1. The zero-order valence-corrected chi connectivity index (χ0v) is 11.9. The van der Waals surface area contributed by atoms with Crippen molar-refractivity contribution in [2.24, 2.45) is 0 Å². The Bertz CT molecular complexity index is 673. The molecule has 7 nitrogen and oxygen atoms in total. The van der Waals surface area contributed by atoms with Crippen LogP contribution in [0.1, 0.15) is 35.4 Å². The number of nitrogens with one attached hydrogen (secondary N) is 2. The highest BCUT2D eigenvalue weighted by molar-refractivity contribution is 7.09. The van der Waals surface area contributed by atoms with Crippen molar-refractivity contribution in [2.75, 3.05) is 6.54 Å². The van der Waals surface area contributed by atoms with Gasteiger partial charge in [0.15, 0.2) is 5.82 Å². The second kappa shape index (κ2) is 5.20. The molecule has 3 heterocycles. The van der Waals surface area contributed by atoms with Crippen LogP contribution >= 0.6 is 11.3 Å². The van der Waals surface area contributed by atoms with E-state index < -0.39 is 0 Å². The molecule has 20 heavy (non-hydrogen) atoms. The highest BCUT2D eigenvalue weighted by Crippen LogP contribution is 2.29. The molecule has 2 N–H and O–H groups in total. The first-order valence-corrected chi connectivity index (χ1v) is 7.36. The average Bonchev–Trinajstić information content (AvgIpc) is 3.09. The average molecular weight is 293 g/mol. The summed E-state index contributed by atoms with van der Waals surface area (Å²) in [5.41, 5.74) is 0.466. The highest BCUT2D eigenvalue weighted by Gasteiger charge is 2.32. The summed E-state index contributed by atoms with van der Waals surface area (Å²) < 4.78 is 0. The molecule has 1 fully saturated rings. The minimum Gasteiger partial charge on any atom is -0.332 e. The van der Waals surface area contributed by atoms with Gasteiger partial charge in [0, 0.05) is 11.9 Å². The lowest BCUT2D eigenvalue weighted by Gasteiger charge is -2.22. The molecule has 8 heteroatoms. The van der Waals surface area contributed by atoms with Crippen LogP contribution in [0.5, 0.6) is 0 Å². The number of amides is 1. The van der Waals surface area contributed by atoms with Crippen LogP contribution in [-0.2, 0) is 11.2 Å². The summed E-state index contributed by atoms with van der Waals surface area (Å²) in [6.07, 6.45) is 2.04. The van der Waals surface area contributed by atoms with Gasteiger partial charge in [0.25, 0.3) is 0 Å². The maximum atomic E-state index is 12.4. The Kier molecular flexibility index (Phi) is 3.39. The van der Waals surface area contributed by atoms with Crippen LogP contribution in [0.2, 0.25) is 0 Å². The minimum absolute atomic E-state index is 0.0293. The lowest BCUT2D eigenvalue weighted by molar-refractivity contribution is -0.131. The molecule has 1 aliphatic heterocycles. The minimum atomic E-state index is -0.338. The third-order valence-corrected chi connectivity index (χ3v) is 4.23. The number of thiazole rings is 1. The summed E-state index contributed by atoms with van der Waals surface area (Å²) in [6.45, 7) is 2.62. The maximum absolute atomic E-state index is 12.4. The lowest BCUT2D eigenvalue weighted by Crippen LogP contribution is -2.32. The molecule has 0 bridgehead atoms. The Morgan fingerprint density at radius 3 is 3.10 bits per heavy atom. The van der Waals surface area contributed by atoms with E-state index in [1.165, 1.54) is 0 Å². The SMILES string of the molecule is Cc1nc(CC(=O)N2CCCC2c2n[nH]c(=O)[nH]2)cs1. The molecule has 106 valence electrons. The van der Waals surface area contributed by atoms with Crippen molar-refractivity contribution in [2.45, 2.75) is 32.2 Å². The van der Waals surface area contributed by atoms with Crippen LogP contribution in [0.3, 0.4) is 0 Å². The number of nitrogens with zero attached hydrogens (tertiary/aromatic N) is 3. The van der Waals surface area contributed by atoms with Crippen LogP contribution in [0, 0.1) is 6.92 Å². The van der Waals surface area contributed by atoms with E-state index in [-0.39, 0.29) is 17.6 Å². The third-order valence-electron chi connectivity index (χ3n) is 3.41. The fraction of sp³-hybridized carbons (Fsp3) is 0.500. The maximum Gasteiger partial charge on any atom is 0.340 e. The van der Waals surface area contributed by atoms with E-state index >= 15 is 0 Å². The van der Waals surface area contributed by atoms with Gasteiger partial charge in [-0.15, -0.1) is 11.3 Å². The van der Waals surface area contributed by atoms with Gasteiger partial charge in [-0.3, -0.25) is 9.78 Å². The Balaban J connectivity index is 1.74. The number of carbonyl (C=O) groups excluding carboxylic acids is 1. The highest BCUT2D eigenvalue weighted by atomic mass is 32.1. The molecule has 0 spiro atoms. The summed E-state index contributed by atoms with van der Waals surface area (Å²) in [4.78, 5) is 32.2. The molecule has 2 aromatic heterocycles. The van der Waals surface area contributed by atoms with Gasteiger partial charge in [-0.2, -0.15) is 5.10 Å². The monoisotopic (exact) mass is 293 g/mol. The van der Waals surface area contributed by atoms with Gasteiger partial charge in [0.2, 0.25) is 5.91 Å². The molecule has 1 aliphatic rings. The fourth-order valence-corrected chi connectivity index (χ4v) is 3.15. The normalized spacial score (nSPS) is 18.6. The van der Waals surface area contributed by atoms with E-state index in [1.54, 1.807) is 16.2 Å². The van der Waals surface area contributed by atoms with Crippen LogP contribution in [0.25, 0.3) is 0 Å². The van der Waals surface area contributed by atoms with Crippen molar-refractivity contribution < 1.29 is 4.79 Å². The van der Waals surface area contributed by atoms with Crippen molar-refractivity contribution >= 4 is 17.2 Å². The van der Waals surface area contributed by atoms with Crippen LogP contribution in [0.4, 0.5) is 0 Å². The number of aromatic nitrogens is 4. The van der Waals surface area contributed by atoms with E-state index in [0.29, 0.717) is 18.8 Å². The molecule has 0 aromatic carbocycles. The summed E-state index contributed by atoms with van der Waals surface area (Å²) in [7, 11) is 0. The Hall–Kier alpha value is -1.96. The second-order valence-corrected chi connectivity index (χ2v) is 5.90. The largest absolute Gasteiger partial charge is 0.340 e. The first-order valence-electron chi connectivity index (χ1n) is 6.48. The molecule has 1 saturated heterocycles. The summed E-state index contributed by atoms with van der Waals surface area (Å²) in [5, 5.41) is 9.16. The van der Waals surface area contributed by atoms with Gasteiger partial charge < -0.3 is 4.90 Å². The smallest absolute Gasteiger partial charge is 0.332 e. The predicted octanol–water partition coefficient (Wildman–Crippen LogP) is 0.769. The van der Waals surface area contributed by atoms with Crippen molar-refractivity contribution in [1.29, 1.82) is 0 Å². The topological polar surface area (TPSA) is 94.7 Å².